The summed E-state index contributed by atoms with van der Waals surface area (Å²) >= 11 is 7.22. The predicted molar refractivity (Wildman–Crippen MR) is 125 cm³/mol. The van der Waals surface area contributed by atoms with Crippen molar-refractivity contribution in [3.05, 3.63) is 71.8 Å². The molecule has 31 heavy (non-hydrogen) atoms. The third-order valence-corrected chi connectivity index (χ3v) is 5.40. The number of nitrogens with zero attached hydrogens (tertiary/aromatic N) is 1. The number of fused-ring (bicyclic) bond motifs is 1. The Morgan fingerprint density at radius 2 is 1.71 bits per heavy atom. The molecule has 8 heteroatoms. The van der Waals surface area contributed by atoms with E-state index in [4.69, 9.17) is 21.1 Å². The van der Waals surface area contributed by atoms with Crippen molar-refractivity contribution in [2.75, 3.05) is 17.7 Å². The Hall–Kier alpha value is -3.16. The number of halogens is 1. The molecule has 0 saturated heterocycles. The molecule has 0 fully saturated rings. The van der Waals surface area contributed by atoms with Gasteiger partial charge in [-0.25, -0.2) is 4.98 Å². The average Bonchev–Trinajstić information content (AvgIpc) is 3.18. The second-order valence-electron chi connectivity index (χ2n) is 6.57. The van der Waals surface area contributed by atoms with Gasteiger partial charge >= 0.3 is 0 Å². The third kappa shape index (κ3) is 5.71. The van der Waals surface area contributed by atoms with E-state index in [1.54, 1.807) is 48.5 Å². The molecule has 0 spiro atoms. The Morgan fingerprint density at radius 3 is 2.42 bits per heavy atom. The van der Waals surface area contributed by atoms with E-state index in [9.17, 15) is 4.79 Å². The first-order valence-corrected chi connectivity index (χ1v) is 11.0. The Morgan fingerprint density at radius 1 is 1.03 bits per heavy atom. The van der Waals surface area contributed by atoms with Gasteiger partial charge in [-0.3, -0.25) is 4.79 Å². The maximum atomic E-state index is 12.3. The van der Waals surface area contributed by atoms with Crippen molar-refractivity contribution in [1.29, 1.82) is 0 Å². The lowest BCUT2D eigenvalue weighted by molar-refractivity contribution is -0.113. The highest BCUT2D eigenvalue weighted by molar-refractivity contribution is 7.99. The minimum Gasteiger partial charge on any atom is -0.494 e. The zero-order valence-electron chi connectivity index (χ0n) is 16.7. The number of carbonyl (C=O) groups excluding carboxylic acids is 1. The number of thioether (sulfide) groups is 1. The van der Waals surface area contributed by atoms with Crippen molar-refractivity contribution < 1.29 is 14.3 Å². The topological polar surface area (TPSA) is 76.2 Å². The molecule has 0 aliphatic heterocycles. The van der Waals surface area contributed by atoms with E-state index in [0.717, 1.165) is 16.8 Å². The predicted octanol–water partition coefficient (Wildman–Crippen LogP) is 6.14. The molecule has 158 valence electrons. The lowest BCUT2D eigenvalue weighted by Crippen LogP contribution is -2.13. The van der Waals surface area contributed by atoms with Crippen LogP contribution in [0.2, 0.25) is 5.02 Å². The van der Waals surface area contributed by atoms with E-state index in [2.05, 4.69) is 15.3 Å². The third-order valence-electron chi connectivity index (χ3n) is 4.27. The first-order valence-electron chi connectivity index (χ1n) is 9.68. The van der Waals surface area contributed by atoms with Crippen LogP contribution < -0.4 is 14.8 Å². The highest BCUT2D eigenvalue weighted by atomic mass is 35.5. The molecule has 6 nitrogen and oxygen atoms in total. The Balaban J connectivity index is 1.30. The van der Waals surface area contributed by atoms with Crippen LogP contribution in [0.25, 0.3) is 11.0 Å². The van der Waals surface area contributed by atoms with Gasteiger partial charge in [0.25, 0.3) is 0 Å². The van der Waals surface area contributed by atoms with Crippen molar-refractivity contribution in [1.82, 2.24) is 9.97 Å². The minimum absolute atomic E-state index is 0.119. The van der Waals surface area contributed by atoms with E-state index in [1.165, 1.54) is 11.8 Å². The van der Waals surface area contributed by atoms with Crippen molar-refractivity contribution in [2.45, 2.75) is 12.1 Å². The van der Waals surface area contributed by atoms with Crippen LogP contribution in [0.5, 0.6) is 17.2 Å². The van der Waals surface area contributed by atoms with E-state index in [1.807, 2.05) is 25.1 Å². The summed E-state index contributed by atoms with van der Waals surface area (Å²) in [6, 6.07) is 20.0. The quantitative estimate of drug-likeness (QED) is 0.313. The van der Waals surface area contributed by atoms with Gasteiger partial charge in [-0.1, -0.05) is 23.4 Å². The van der Waals surface area contributed by atoms with Crippen LogP contribution in [0.1, 0.15) is 6.92 Å². The first kappa shape index (κ1) is 21.1. The molecule has 1 aromatic heterocycles. The van der Waals surface area contributed by atoms with Gasteiger partial charge < -0.3 is 19.8 Å². The zero-order chi connectivity index (χ0) is 21.6. The fourth-order valence-electron chi connectivity index (χ4n) is 2.87. The standard InChI is InChI=1S/C23H20ClN3O3S/c1-2-29-19-11-12-20-21(13-19)27-23(26-20)31-14-22(28)25-16-5-9-18(10-6-16)30-17-7-3-15(24)4-8-17/h3-13H,2,14H2,1H3,(H,25,28)(H,26,27). The van der Waals surface area contributed by atoms with Gasteiger partial charge in [0.1, 0.15) is 17.2 Å². The molecule has 0 aliphatic rings. The number of carbonyl (C=O) groups is 1. The van der Waals surface area contributed by atoms with E-state index < -0.39 is 0 Å². The molecule has 0 unspecified atom stereocenters. The van der Waals surface area contributed by atoms with Crippen LogP contribution in [0.3, 0.4) is 0 Å². The first-order chi connectivity index (χ1) is 15.1. The van der Waals surface area contributed by atoms with Crippen molar-refractivity contribution >= 4 is 46.0 Å². The van der Waals surface area contributed by atoms with E-state index in [-0.39, 0.29) is 11.7 Å². The number of nitrogens with one attached hydrogen (secondary N) is 2. The molecule has 0 aliphatic carbocycles. The molecule has 2 N–H and O–H groups in total. The maximum Gasteiger partial charge on any atom is 0.234 e. The minimum atomic E-state index is -0.119. The molecule has 0 bridgehead atoms. The summed E-state index contributed by atoms with van der Waals surface area (Å²) in [6.45, 7) is 2.55. The van der Waals surface area contributed by atoms with Crippen LogP contribution in [0.15, 0.2) is 71.9 Å². The van der Waals surface area contributed by atoms with Crippen LogP contribution >= 0.6 is 23.4 Å². The largest absolute Gasteiger partial charge is 0.494 e. The smallest absolute Gasteiger partial charge is 0.234 e. The number of aromatic amines is 1. The highest BCUT2D eigenvalue weighted by Gasteiger charge is 2.09. The van der Waals surface area contributed by atoms with Crippen LogP contribution in [-0.2, 0) is 4.79 Å². The van der Waals surface area contributed by atoms with Crippen LogP contribution in [0.4, 0.5) is 5.69 Å². The Kier molecular flexibility index (Phi) is 6.64. The van der Waals surface area contributed by atoms with Crippen LogP contribution in [-0.4, -0.2) is 28.2 Å². The summed E-state index contributed by atoms with van der Waals surface area (Å²) in [5, 5.41) is 4.22. The molecular formula is C23H20ClN3O3S. The number of imidazole rings is 1. The van der Waals surface area contributed by atoms with Crippen molar-refractivity contribution in [3.63, 3.8) is 0 Å². The molecule has 4 aromatic rings. The van der Waals surface area contributed by atoms with E-state index in [0.29, 0.717) is 34.0 Å². The molecule has 0 radical (unpaired) electrons. The molecule has 0 saturated carbocycles. The molecule has 0 atom stereocenters. The number of hydrogen-bond donors (Lipinski definition) is 2. The summed E-state index contributed by atoms with van der Waals surface area (Å²) < 4.78 is 11.3. The van der Waals surface area contributed by atoms with Gasteiger partial charge in [-0.15, -0.1) is 0 Å². The van der Waals surface area contributed by atoms with Crippen molar-refractivity contribution in [2.24, 2.45) is 0 Å². The summed E-state index contributed by atoms with van der Waals surface area (Å²) in [5.74, 6) is 2.27. The molecular weight excluding hydrogens is 434 g/mol. The fraction of sp³-hybridized carbons (Fsp3) is 0.130. The normalized spacial score (nSPS) is 10.8. The Labute approximate surface area is 188 Å². The van der Waals surface area contributed by atoms with Gasteiger partial charge in [0, 0.05) is 16.8 Å². The molecule has 1 heterocycles. The molecule has 1 amide bonds. The number of aromatic nitrogens is 2. The van der Waals surface area contributed by atoms with Crippen molar-refractivity contribution in [3.8, 4) is 17.2 Å². The van der Waals surface area contributed by atoms with E-state index >= 15 is 0 Å². The number of anilines is 1. The second kappa shape index (κ2) is 9.76. The number of amides is 1. The summed E-state index contributed by atoms with van der Waals surface area (Å²) in [4.78, 5) is 20.0. The lowest BCUT2D eigenvalue weighted by Gasteiger charge is -2.08. The average molecular weight is 454 g/mol. The SMILES string of the molecule is CCOc1ccc2nc(SCC(=O)Nc3ccc(Oc4ccc(Cl)cc4)cc3)[nH]c2c1. The van der Waals surface area contributed by atoms with Gasteiger partial charge in [-0.2, -0.15) is 0 Å². The van der Waals surface area contributed by atoms with Gasteiger partial charge in [0.2, 0.25) is 5.91 Å². The summed E-state index contributed by atoms with van der Waals surface area (Å²) in [6.07, 6.45) is 0. The monoisotopic (exact) mass is 453 g/mol. The number of H-pyrrole nitrogens is 1. The zero-order valence-corrected chi connectivity index (χ0v) is 18.3. The fourth-order valence-corrected chi connectivity index (χ4v) is 3.68. The number of rotatable bonds is 8. The second-order valence-corrected chi connectivity index (χ2v) is 7.97. The number of hydrogen-bond acceptors (Lipinski definition) is 5. The summed E-state index contributed by atoms with van der Waals surface area (Å²) in [7, 11) is 0. The number of ether oxygens (including phenoxy) is 2. The summed E-state index contributed by atoms with van der Waals surface area (Å²) in [5.41, 5.74) is 2.41. The van der Waals surface area contributed by atoms with Crippen LogP contribution in [0, 0.1) is 0 Å². The maximum absolute atomic E-state index is 12.3. The molecule has 4 rings (SSSR count). The Bertz CT molecular complexity index is 1180. The lowest BCUT2D eigenvalue weighted by atomic mass is 10.3. The van der Waals surface area contributed by atoms with Gasteiger partial charge in [0.05, 0.1) is 23.4 Å². The number of benzene rings is 3. The molecule has 3 aromatic carbocycles. The van der Waals surface area contributed by atoms with Gasteiger partial charge in [0.15, 0.2) is 5.16 Å². The highest BCUT2D eigenvalue weighted by Crippen LogP contribution is 2.25. The van der Waals surface area contributed by atoms with Gasteiger partial charge in [-0.05, 0) is 67.6 Å².